The van der Waals surface area contributed by atoms with Crippen LogP contribution in [0.15, 0.2) is 81.5 Å². The Kier molecular flexibility index (Phi) is 11.6. The first-order valence-corrected chi connectivity index (χ1v) is 15.3. The molecule has 0 unspecified atom stereocenters. The van der Waals surface area contributed by atoms with Gasteiger partial charge in [0.2, 0.25) is 0 Å². The quantitative estimate of drug-likeness (QED) is 0.0976. The predicted octanol–water partition coefficient (Wildman–Crippen LogP) is 5.36. The van der Waals surface area contributed by atoms with Crippen LogP contribution in [0.3, 0.4) is 0 Å². The molecule has 0 radical (unpaired) electrons. The zero-order valence-electron chi connectivity index (χ0n) is 24.1. The molecule has 1 heterocycles. The van der Waals surface area contributed by atoms with Gasteiger partial charge < -0.3 is 29.6 Å². The van der Waals surface area contributed by atoms with Crippen LogP contribution in [0.1, 0.15) is 36.6 Å². The molecule has 0 bridgehead atoms. The van der Waals surface area contributed by atoms with Crippen molar-refractivity contribution in [3.63, 3.8) is 0 Å². The first-order valence-electron chi connectivity index (χ1n) is 13.4. The maximum absolute atomic E-state index is 12.6. The molecule has 1 aliphatic heterocycles. The first kappa shape index (κ1) is 32.8. The summed E-state index contributed by atoms with van der Waals surface area (Å²) in [5.74, 6) is 0.172. The van der Waals surface area contributed by atoms with E-state index in [0.29, 0.717) is 34.9 Å². The van der Waals surface area contributed by atoms with Gasteiger partial charge in [-0.25, -0.2) is 15.0 Å². The van der Waals surface area contributed by atoms with Gasteiger partial charge in [0.05, 0.1) is 35.1 Å². The summed E-state index contributed by atoms with van der Waals surface area (Å²) in [5.41, 5.74) is 5.39. The summed E-state index contributed by atoms with van der Waals surface area (Å²) in [7, 11) is 1.45. The van der Waals surface area contributed by atoms with Crippen molar-refractivity contribution in [2.45, 2.75) is 26.5 Å². The minimum Gasteiger partial charge on any atom is -0.493 e. The molecule has 0 spiro atoms. The molecule has 3 amide bonds. The molecule has 13 heteroatoms. The molecule has 1 aliphatic rings. The van der Waals surface area contributed by atoms with E-state index in [1.165, 1.54) is 13.3 Å². The topological polar surface area (TPSA) is 137 Å². The molecule has 230 valence electrons. The van der Waals surface area contributed by atoms with E-state index in [4.69, 9.17) is 18.9 Å². The number of methoxy groups -OCH3 is 1. The van der Waals surface area contributed by atoms with E-state index in [9.17, 15) is 14.4 Å². The number of esters is 1. The third-order valence-corrected chi connectivity index (χ3v) is 7.56. The van der Waals surface area contributed by atoms with Crippen molar-refractivity contribution in [3.8, 4) is 17.2 Å². The molecule has 0 aromatic heterocycles. The minimum absolute atomic E-state index is 0.184. The van der Waals surface area contributed by atoms with Gasteiger partial charge in [0.15, 0.2) is 18.1 Å². The van der Waals surface area contributed by atoms with Crippen molar-refractivity contribution in [1.82, 2.24) is 16.1 Å². The van der Waals surface area contributed by atoms with Crippen LogP contribution in [0.2, 0.25) is 0 Å². The van der Waals surface area contributed by atoms with E-state index in [2.05, 4.69) is 59.7 Å². The summed E-state index contributed by atoms with van der Waals surface area (Å²) in [6, 6.07) is 17.2. The Labute approximate surface area is 276 Å². The van der Waals surface area contributed by atoms with Gasteiger partial charge in [-0.2, -0.15) is 5.10 Å². The highest BCUT2D eigenvalue weighted by Crippen LogP contribution is 2.35. The highest BCUT2D eigenvalue weighted by atomic mass is 127. The predicted molar refractivity (Wildman–Crippen MR) is 176 cm³/mol. The summed E-state index contributed by atoms with van der Waals surface area (Å²) >= 11 is 5.68. The van der Waals surface area contributed by atoms with Crippen molar-refractivity contribution < 1.29 is 33.3 Å². The second kappa shape index (κ2) is 15.6. The van der Waals surface area contributed by atoms with Crippen LogP contribution in [-0.2, 0) is 20.9 Å². The first-order chi connectivity index (χ1) is 21.2. The van der Waals surface area contributed by atoms with Crippen molar-refractivity contribution in [1.29, 1.82) is 0 Å². The fourth-order valence-electron chi connectivity index (χ4n) is 4.31. The average Bonchev–Trinajstić information content (AvgIpc) is 2.99. The summed E-state index contributed by atoms with van der Waals surface area (Å²) in [4.78, 5) is 37.4. The Balaban J connectivity index is 1.41. The lowest BCUT2D eigenvalue weighted by molar-refractivity contribution is -0.139. The number of carbonyl (C=O) groups excluding carboxylic acids is 3. The Morgan fingerprint density at radius 2 is 1.86 bits per heavy atom. The zero-order valence-corrected chi connectivity index (χ0v) is 27.9. The number of benzene rings is 3. The van der Waals surface area contributed by atoms with Gasteiger partial charge in [-0.1, -0.05) is 52.3 Å². The number of halogens is 2. The Morgan fingerprint density at radius 1 is 1.09 bits per heavy atom. The van der Waals surface area contributed by atoms with E-state index in [-0.39, 0.29) is 24.5 Å². The van der Waals surface area contributed by atoms with Crippen molar-refractivity contribution in [3.05, 3.63) is 96.7 Å². The fourth-order valence-corrected chi connectivity index (χ4v) is 6.02. The molecule has 0 saturated carbocycles. The highest BCUT2D eigenvalue weighted by molar-refractivity contribution is 14.1. The lowest BCUT2D eigenvalue weighted by Crippen LogP contribution is -2.45. The van der Waals surface area contributed by atoms with Gasteiger partial charge >= 0.3 is 12.0 Å². The van der Waals surface area contributed by atoms with Gasteiger partial charge in [-0.05, 0) is 71.8 Å². The van der Waals surface area contributed by atoms with Crippen LogP contribution < -0.4 is 30.3 Å². The number of hydrogen-bond donors (Lipinski definition) is 3. The number of nitrogens with zero attached hydrogens (tertiary/aromatic N) is 1. The van der Waals surface area contributed by atoms with Crippen LogP contribution in [-0.4, -0.2) is 44.4 Å². The molecular weight excluding hydrogens is 747 g/mol. The number of carbonyl (C=O) groups is 3. The summed E-state index contributed by atoms with van der Waals surface area (Å²) < 4.78 is 24.1. The summed E-state index contributed by atoms with van der Waals surface area (Å²) in [6.45, 7) is 3.55. The number of nitrogens with one attached hydrogen (secondary N) is 3. The lowest BCUT2D eigenvalue weighted by atomic mass is 9.95. The zero-order chi connectivity index (χ0) is 31.6. The molecular formula is C31H30BrIN4O7. The van der Waals surface area contributed by atoms with E-state index in [1.807, 2.05) is 42.5 Å². The second-order valence-corrected chi connectivity index (χ2v) is 11.4. The molecule has 3 aromatic carbocycles. The number of rotatable bonds is 12. The average molecular weight is 777 g/mol. The van der Waals surface area contributed by atoms with E-state index in [0.717, 1.165) is 13.6 Å². The SMILES string of the molecule is CCOC(=O)C1=C(C)NC(=O)N[C@H]1c1ccc(OCC(=O)N/N=C/c2cc(Br)cc(I)c2OCc2ccccc2)c(OC)c1. The van der Waals surface area contributed by atoms with E-state index in [1.54, 1.807) is 32.0 Å². The standard InChI is InChI=1S/C31H30BrIN4O7/c1-4-42-30(39)27-18(2)35-31(40)36-28(27)20-10-11-24(25(13-20)41-3)43-17-26(38)37-34-15-21-12-22(32)14-23(33)29(21)44-16-19-8-6-5-7-9-19/h5-15,28H,4,16-17H2,1-3H3,(H,37,38)(H2,35,36,40)/b34-15+/t28-/m0/s1. The molecule has 11 nitrogen and oxygen atoms in total. The van der Waals surface area contributed by atoms with Gasteiger partial charge in [0.25, 0.3) is 5.91 Å². The largest absolute Gasteiger partial charge is 0.493 e. The monoisotopic (exact) mass is 776 g/mol. The van der Waals surface area contributed by atoms with Gasteiger partial charge in [-0.3, -0.25) is 4.79 Å². The number of amides is 3. The molecule has 0 fully saturated rings. The van der Waals surface area contributed by atoms with Gasteiger partial charge in [-0.15, -0.1) is 0 Å². The van der Waals surface area contributed by atoms with Gasteiger partial charge in [0.1, 0.15) is 12.4 Å². The van der Waals surface area contributed by atoms with Crippen molar-refractivity contribution >= 4 is 62.6 Å². The summed E-state index contributed by atoms with van der Waals surface area (Å²) in [5, 5.41) is 9.43. The smallest absolute Gasteiger partial charge is 0.338 e. The van der Waals surface area contributed by atoms with Crippen molar-refractivity contribution in [2.24, 2.45) is 5.10 Å². The van der Waals surface area contributed by atoms with Crippen LogP contribution >= 0.6 is 38.5 Å². The van der Waals surface area contributed by atoms with E-state index >= 15 is 0 Å². The number of hydrogen-bond acceptors (Lipinski definition) is 8. The van der Waals surface area contributed by atoms with Crippen LogP contribution in [0.4, 0.5) is 4.79 Å². The Hall–Kier alpha value is -4.11. The van der Waals surface area contributed by atoms with Crippen LogP contribution in [0.5, 0.6) is 17.2 Å². The number of hydrazone groups is 1. The molecule has 44 heavy (non-hydrogen) atoms. The third-order valence-electron chi connectivity index (χ3n) is 6.30. The molecule has 1 atom stereocenters. The molecule has 3 N–H and O–H groups in total. The molecule has 4 rings (SSSR count). The molecule has 0 saturated heterocycles. The fraction of sp³-hybridized carbons (Fsp3) is 0.226. The third kappa shape index (κ3) is 8.50. The molecule has 3 aromatic rings. The van der Waals surface area contributed by atoms with Crippen LogP contribution in [0.25, 0.3) is 0 Å². The van der Waals surface area contributed by atoms with Crippen LogP contribution in [0, 0.1) is 3.57 Å². The number of ether oxygens (including phenoxy) is 4. The maximum atomic E-state index is 12.6. The van der Waals surface area contributed by atoms with Gasteiger partial charge in [0, 0.05) is 15.7 Å². The lowest BCUT2D eigenvalue weighted by Gasteiger charge is -2.28. The normalized spacial score (nSPS) is 14.5. The Bertz CT molecular complexity index is 1600. The second-order valence-electron chi connectivity index (χ2n) is 9.36. The highest BCUT2D eigenvalue weighted by Gasteiger charge is 2.32. The minimum atomic E-state index is -0.772. The maximum Gasteiger partial charge on any atom is 0.338 e. The molecule has 0 aliphatic carbocycles. The number of urea groups is 1. The Morgan fingerprint density at radius 3 is 2.59 bits per heavy atom. The van der Waals surface area contributed by atoms with Crippen molar-refractivity contribution in [2.75, 3.05) is 20.3 Å². The summed E-state index contributed by atoms with van der Waals surface area (Å²) in [6.07, 6.45) is 1.50. The number of allylic oxidation sites excluding steroid dienone is 1. The van der Waals surface area contributed by atoms with E-state index < -0.39 is 23.9 Å².